The molecule has 2 heterocycles. The molecule has 1 N–H and O–H groups in total. The molecule has 4 rings (SSSR count). The minimum Gasteiger partial charge on any atom is -0.486 e. The fourth-order valence-electron chi connectivity index (χ4n) is 3.79. The van der Waals surface area contributed by atoms with E-state index < -0.39 is 5.97 Å². The normalized spacial score (nSPS) is 18.4. The van der Waals surface area contributed by atoms with Gasteiger partial charge in [-0.1, -0.05) is 24.3 Å². The molecule has 2 aromatic rings. The first-order valence-electron chi connectivity index (χ1n) is 9.13. The van der Waals surface area contributed by atoms with Crippen LogP contribution in [0.15, 0.2) is 42.5 Å². The summed E-state index contributed by atoms with van der Waals surface area (Å²) in [6.07, 6.45) is 2.09. The Morgan fingerprint density at radius 3 is 2.63 bits per heavy atom. The summed E-state index contributed by atoms with van der Waals surface area (Å²) in [4.78, 5) is 25.8. The number of hydrogen-bond donors (Lipinski definition) is 1. The van der Waals surface area contributed by atoms with Crippen LogP contribution < -0.4 is 9.47 Å². The number of hydrogen-bond acceptors (Lipinski definition) is 4. The number of carbonyl (C=O) groups is 2. The van der Waals surface area contributed by atoms with Crippen molar-refractivity contribution < 1.29 is 24.2 Å². The molecule has 1 amide bonds. The predicted molar refractivity (Wildman–Crippen MR) is 98.2 cm³/mol. The number of fused-ring (bicyclic) bond motifs is 1. The Hall–Kier alpha value is -3.02. The van der Waals surface area contributed by atoms with Gasteiger partial charge in [0, 0.05) is 12.1 Å². The van der Waals surface area contributed by atoms with Crippen molar-refractivity contribution in [2.45, 2.75) is 25.3 Å². The standard InChI is InChI=1S/C21H21NO5/c23-19(13-14-6-8-15(9-7-14)21(24)25)22-10-2-4-17(22)16-3-1-5-18-20(16)27-12-11-26-18/h1,3,5-9,17H,2,4,10-13H2,(H,24,25). The molecule has 27 heavy (non-hydrogen) atoms. The number of para-hydroxylation sites is 1. The number of nitrogens with zero attached hydrogens (tertiary/aromatic N) is 1. The molecule has 2 aliphatic rings. The molecular formula is C21H21NO5. The smallest absolute Gasteiger partial charge is 0.335 e. The van der Waals surface area contributed by atoms with E-state index in [0.717, 1.165) is 35.5 Å². The van der Waals surface area contributed by atoms with E-state index in [1.807, 2.05) is 23.1 Å². The summed E-state index contributed by atoms with van der Waals surface area (Å²) in [6.45, 7) is 1.76. The summed E-state index contributed by atoms with van der Waals surface area (Å²) in [7, 11) is 0. The van der Waals surface area contributed by atoms with Gasteiger partial charge in [-0.2, -0.15) is 0 Å². The van der Waals surface area contributed by atoms with E-state index in [1.54, 1.807) is 12.1 Å². The zero-order chi connectivity index (χ0) is 18.8. The van der Waals surface area contributed by atoms with Gasteiger partial charge in [-0.3, -0.25) is 4.79 Å². The fourth-order valence-corrected chi connectivity index (χ4v) is 3.79. The van der Waals surface area contributed by atoms with Crippen LogP contribution in [0, 0.1) is 0 Å². The lowest BCUT2D eigenvalue weighted by Gasteiger charge is -2.29. The van der Waals surface area contributed by atoms with Gasteiger partial charge in [-0.05, 0) is 36.6 Å². The molecule has 0 saturated carbocycles. The van der Waals surface area contributed by atoms with Gasteiger partial charge in [0.05, 0.1) is 18.0 Å². The molecule has 1 saturated heterocycles. The second-order valence-electron chi connectivity index (χ2n) is 6.80. The lowest BCUT2D eigenvalue weighted by atomic mass is 10.0. The van der Waals surface area contributed by atoms with Gasteiger partial charge in [0.1, 0.15) is 13.2 Å². The SMILES string of the molecule is O=C(O)c1ccc(CC(=O)N2CCCC2c2cccc3c2OCCO3)cc1. The topological polar surface area (TPSA) is 76.1 Å². The number of carbonyl (C=O) groups excluding carboxylic acids is 1. The Morgan fingerprint density at radius 1 is 1.07 bits per heavy atom. The molecule has 2 aromatic carbocycles. The lowest BCUT2D eigenvalue weighted by Crippen LogP contribution is -2.32. The van der Waals surface area contributed by atoms with E-state index in [2.05, 4.69) is 0 Å². The van der Waals surface area contributed by atoms with Crippen molar-refractivity contribution in [1.82, 2.24) is 4.90 Å². The third-order valence-electron chi connectivity index (χ3n) is 5.09. The van der Waals surface area contributed by atoms with Crippen molar-refractivity contribution in [3.05, 3.63) is 59.2 Å². The van der Waals surface area contributed by atoms with Crippen LogP contribution >= 0.6 is 0 Å². The average molecular weight is 367 g/mol. The van der Waals surface area contributed by atoms with Crippen LogP contribution in [0.5, 0.6) is 11.5 Å². The Labute approximate surface area is 157 Å². The number of benzene rings is 2. The van der Waals surface area contributed by atoms with Crippen molar-refractivity contribution in [3.8, 4) is 11.5 Å². The highest BCUT2D eigenvalue weighted by molar-refractivity contribution is 5.87. The molecule has 0 aliphatic carbocycles. The molecule has 1 fully saturated rings. The van der Waals surface area contributed by atoms with Crippen LogP contribution in [0.25, 0.3) is 0 Å². The van der Waals surface area contributed by atoms with Crippen LogP contribution in [0.3, 0.4) is 0 Å². The largest absolute Gasteiger partial charge is 0.486 e. The Bertz CT molecular complexity index is 861. The van der Waals surface area contributed by atoms with E-state index >= 15 is 0 Å². The zero-order valence-electron chi connectivity index (χ0n) is 14.9. The number of aromatic carboxylic acids is 1. The first-order chi connectivity index (χ1) is 13.1. The van der Waals surface area contributed by atoms with Crippen LogP contribution in [0.1, 0.15) is 40.4 Å². The second kappa shape index (κ2) is 7.31. The Morgan fingerprint density at radius 2 is 1.85 bits per heavy atom. The van der Waals surface area contributed by atoms with Gasteiger partial charge in [0.25, 0.3) is 0 Å². The van der Waals surface area contributed by atoms with Crippen LogP contribution in [-0.2, 0) is 11.2 Å². The number of carboxylic acids is 1. The molecule has 0 radical (unpaired) electrons. The van der Waals surface area contributed by atoms with E-state index in [9.17, 15) is 9.59 Å². The third kappa shape index (κ3) is 3.47. The van der Waals surface area contributed by atoms with Gasteiger partial charge >= 0.3 is 5.97 Å². The van der Waals surface area contributed by atoms with E-state index in [-0.39, 0.29) is 23.9 Å². The van der Waals surface area contributed by atoms with Gasteiger partial charge in [0.15, 0.2) is 11.5 Å². The van der Waals surface area contributed by atoms with Crippen LogP contribution in [0.4, 0.5) is 0 Å². The second-order valence-corrected chi connectivity index (χ2v) is 6.80. The zero-order valence-corrected chi connectivity index (χ0v) is 14.9. The quantitative estimate of drug-likeness (QED) is 0.899. The summed E-state index contributed by atoms with van der Waals surface area (Å²) in [5, 5.41) is 8.99. The maximum absolute atomic E-state index is 12.9. The van der Waals surface area contributed by atoms with Crippen molar-refractivity contribution >= 4 is 11.9 Å². The lowest BCUT2D eigenvalue weighted by molar-refractivity contribution is -0.131. The van der Waals surface area contributed by atoms with Gasteiger partial charge in [-0.25, -0.2) is 4.79 Å². The number of ether oxygens (including phenoxy) is 2. The first-order valence-corrected chi connectivity index (χ1v) is 9.13. The van der Waals surface area contributed by atoms with Crippen LogP contribution in [0.2, 0.25) is 0 Å². The number of rotatable bonds is 4. The molecule has 0 bridgehead atoms. The number of likely N-dealkylation sites (tertiary alicyclic amines) is 1. The number of amides is 1. The van der Waals surface area contributed by atoms with Gasteiger partial charge in [0.2, 0.25) is 5.91 Å². The van der Waals surface area contributed by atoms with Crippen molar-refractivity contribution in [1.29, 1.82) is 0 Å². The van der Waals surface area contributed by atoms with E-state index in [0.29, 0.717) is 19.8 Å². The van der Waals surface area contributed by atoms with Gasteiger partial charge in [-0.15, -0.1) is 0 Å². The molecular weight excluding hydrogens is 346 g/mol. The molecule has 1 atom stereocenters. The molecule has 0 spiro atoms. The highest BCUT2D eigenvalue weighted by atomic mass is 16.6. The highest BCUT2D eigenvalue weighted by Gasteiger charge is 2.33. The predicted octanol–water partition coefficient (Wildman–Crippen LogP) is 3.06. The van der Waals surface area contributed by atoms with Gasteiger partial charge < -0.3 is 19.5 Å². The summed E-state index contributed by atoms with van der Waals surface area (Å²) >= 11 is 0. The minimum absolute atomic E-state index is 0.0209. The van der Waals surface area contributed by atoms with Crippen molar-refractivity contribution in [3.63, 3.8) is 0 Å². The fraction of sp³-hybridized carbons (Fsp3) is 0.333. The molecule has 2 aliphatic heterocycles. The maximum atomic E-state index is 12.9. The first kappa shape index (κ1) is 17.4. The third-order valence-corrected chi connectivity index (χ3v) is 5.09. The van der Waals surface area contributed by atoms with E-state index in [1.165, 1.54) is 12.1 Å². The summed E-state index contributed by atoms with van der Waals surface area (Å²) in [5.41, 5.74) is 2.03. The monoisotopic (exact) mass is 367 g/mol. The molecule has 1 unspecified atom stereocenters. The molecule has 140 valence electrons. The summed E-state index contributed by atoms with van der Waals surface area (Å²) < 4.78 is 11.5. The molecule has 6 heteroatoms. The summed E-state index contributed by atoms with van der Waals surface area (Å²) in [5.74, 6) is 0.556. The maximum Gasteiger partial charge on any atom is 0.335 e. The average Bonchev–Trinajstić information content (AvgIpc) is 3.18. The van der Waals surface area contributed by atoms with Crippen LogP contribution in [-0.4, -0.2) is 41.6 Å². The van der Waals surface area contributed by atoms with Crippen molar-refractivity contribution in [2.75, 3.05) is 19.8 Å². The Balaban J connectivity index is 1.53. The highest BCUT2D eigenvalue weighted by Crippen LogP contribution is 2.42. The molecule has 6 nitrogen and oxygen atoms in total. The van der Waals surface area contributed by atoms with Crippen molar-refractivity contribution in [2.24, 2.45) is 0 Å². The minimum atomic E-state index is -0.969. The Kier molecular flexibility index (Phi) is 4.71. The number of carboxylic acid groups (broad SMARTS) is 1. The summed E-state index contributed by atoms with van der Waals surface area (Å²) in [6, 6.07) is 12.3. The molecule has 0 aromatic heterocycles. The van der Waals surface area contributed by atoms with E-state index in [4.69, 9.17) is 14.6 Å².